The molecule has 4 bridgehead atoms. The van der Waals surface area contributed by atoms with Gasteiger partial charge in [0, 0.05) is 32.7 Å². The van der Waals surface area contributed by atoms with E-state index in [0.717, 1.165) is 5.92 Å². The monoisotopic (exact) mass is 153 g/mol. The molecule has 4 aliphatic rings. The Morgan fingerprint density at radius 3 is 1.82 bits per heavy atom. The molecule has 0 aromatic heterocycles. The highest BCUT2D eigenvalue weighted by Gasteiger charge is 2.35. The van der Waals surface area contributed by atoms with Gasteiger partial charge >= 0.3 is 0 Å². The summed E-state index contributed by atoms with van der Waals surface area (Å²) in [6.45, 7) is 9.12. The van der Waals surface area contributed by atoms with Gasteiger partial charge in [-0.25, -0.2) is 0 Å². The van der Waals surface area contributed by atoms with Crippen LogP contribution < -0.4 is 0 Å². The van der Waals surface area contributed by atoms with E-state index in [1.807, 2.05) is 0 Å². The van der Waals surface area contributed by atoms with E-state index in [1.54, 1.807) is 0 Å². The quantitative estimate of drug-likeness (QED) is 0.463. The zero-order valence-electron chi connectivity index (χ0n) is 6.87. The third kappa shape index (κ3) is 0.991. The fourth-order valence-corrected chi connectivity index (χ4v) is 2.72. The maximum atomic E-state index is 2.60. The van der Waals surface area contributed by atoms with Crippen LogP contribution in [0.15, 0.2) is 0 Å². The summed E-state index contributed by atoms with van der Waals surface area (Å²) < 4.78 is 0. The van der Waals surface area contributed by atoms with E-state index >= 15 is 0 Å². The molecule has 0 saturated carbocycles. The lowest BCUT2D eigenvalue weighted by atomic mass is 10.1. The molecule has 0 aromatic carbocycles. The van der Waals surface area contributed by atoms with Crippen LogP contribution in [0.25, 0.3) is 0 Å². The summed E-state index contributed by atoms with van der Waals surface area (Å²) in [5.41, 5.74) is 0. The van der Waals surface area contributed by atoms with Crippen LogP contribution in [0.3, 0.4) is 0 Å². The van der Waals surface area contributed by atoms with Crippen LogP contribution in [0.5, 0.6) is 0 Å². The molecule has 0 radical (unpaired) electrons. The molecule has 62 valence electrons. The van der Waals surface area contributed by atoms with Crippen molar-refractivity contribution in [3.63, 3.8) is 0 Å². The Balaban J connectivity index is 1.90. The molecule has 2 atom stereocenters. The smallest absolute Gasteiger partial charge is 0.0518 e. The van der Waals surface area contributed by atoms with Gasteiger partial charge in [-0.1, -0.05) is 0 Å². The van der Waals surface area contributed by atoms with Crippen molar-refractivity contribution in [1.82, 2.24) is 14.7 Å². The molecule has 3 nitrogen and oxygen atoms in total. The minimum absolute atomic E-state index is 0.944. The molecule has 2 unspecified atom stereocenters. The molecular weight excluding hydrogens is 138 g/mol. The summed E-state index contributed by atoms with van der Waals surface area (Å²) in [5, 5.41) is 0. The molecule has 11 heavy (non-hydrogen) atoms. The van der Waals surface area contributed by atoms with Gasteiger partial charge in [0.1, 0.15) is 0 Å². The van der Waals surface area contributed by atoms with Gasteiger partial charge in [-0.2, -0.15) is 0 Å². The van der Waals surface area contributed by atoms with Crippen molar-refractivity contribution in [2.45, 2.75) is 0 Å². The van der Waals surface area contributed by atoms with Crippen LogP contribution in [0.2, 0.25) is 0 Å². The van der Waals surface area contributed by atoms with Gasteiger partial charge in [0.25, 0.3) is 0 Å². The zero-order valence-corrected chi connectivity index (χ0v) is 6.87. The zero-order chi connectivity index (χ0) is 7.26. The Kier molecular flexibility index (Phi) is 1.27. The standard InChI is InChI=1S/C8H15N3/c1-2-10-4-8-3-9(1)6-11(5-8)7-10/h8H,1-7H2. The Morgan fingerprint density at radius 1 is 0.727 bits per heavy atom. The Labute approximate surface area is 67.6 Å². The molecule has 0 spiro atoms. The van der Waals surface area contributed by atoms with Gasteiger partial charge in [0.15, 0.2) is 0 Å². The Bertz CT molecular complexity index is 137. The van der Waals surface area contributed by atoms with E-state index in [9.17, 15) is 0 Å². The largest absolute Gasteiger partial charge is 0.289 e. The van der Waals surface area contributed by atoms with Crippen molar-refractivity contribution in [1.29, 1.82) is 0 Å². The number of hydrogen-bond acceptors (Lipinski definition) is 3. The first-order valence-electron chi connectivity index (χ1n) is 4.57. The topological polar surface area (TPSA) is 9.72 Å². The van der Waals surface area contributed by atoms with E-state index in [-0.39, 0.29) is 0 Å². The number of rotatable bonds is 0. The number of hydrogen-bond donors (Lipinski definition) is 0. The van der Waals surface area contributed by atoms with E-state index < -0.39 is 0 Å². The van der Waals surface area contributed by atoms with Crippen LogP contribution in [-0.2, 0) is 0 Å². The summed E-state index contributed by atoms with van der Waals surface area (Å²) in [7, 11) is 0. The summed E-state index contributed by atoms with van der Waals surface area (Å²) >= 11 is 0. The van der Waals surface area contributed by atoms with Gasteiger partial charge in [-0.15, -0.1) is 0 Å². The summed E-state index contributed by atoms with van der Waals surface area (Å²) in [5.74, 6) is 0.944. The third-order valence-corrected chi connectivity index (χ3v) is 3.08. The maximum absolute atomic E-state index is 2.60. The molecule has 4 rings (SSSR count). The molecule has 0 aromatic rings. The van der Waals surface area contributed by atoms with Crippen molar-refractivity contribution in [3.8, 4) is 0 Å². The van der Waals surface area contributed by atoms with Crippen molar-refractivity contribution in [3.05, 3.63) is 0 Å². The van der Waals surface area contributed by atoms with Crippen LogP contribution >= 0.6 is 0 Å². The Hall–Kier alpha value is -0.120. The Morgan fingerprint density at radius 2 is 1.27 bits per heavy atom. The highest BCUT2D eigenvalue weighted by molar-refractivity contribution is 4.87. The molecule has 4 fully saturated rings. The van der Waals surface area contributed by atoms with E-state index in [1.165, 1.54) is 46.1 Å². The maximum Gasteiger partial charge on any atom is 0.0518 e. The normalized spacial score (nSPS) is 54.5. The van der Waals surface area contributed by atoms with Gasteiger partial charge in [-0.05, 0) is 5.92 Å². The minimum atomic E-state index is 0.944. The second kappa shape index (κ2) is 2.19. The van der Waals surface area contributed by atoms with Gasteiger partial charge in [-0.3, -0.25) is 14.7 Å². The van der Waals surface area contributed by atoms with Crippen molar-refractivity contribution < 1.29 is 0 Å². The number of fused-ring (bicyclic) bond motifs is 1. The summed E-state index contributed by atoms with van der Waals surface area (Å²) in [6.07, 6.45) is 0. The molecule has 0 N–H and O–H groups in total. The van der Waals surface area contributed by atoms with Crippen LogP contribution in [0.1, 0.15) is 0 Å². The molecule has 0 amide bonds. The second-order valence-electron chi connectivity index (χ2n) is 4.16. The average Bonchev–Trinajstić information content (AvgIpc) is 2.18. The van der Waals surface area contributed by atoms with Crippen LogP contribution in [0.4, 0.5) is 0 Å². The van der Waals surface area contributed by atoms with E-state index in [2.05, 4.69) is 14.7 Å². The fourth-order valence-electron chi connectivity index (χ4n) is 2.72. The van der Waals surface area contributed by atoms with Crippen LogP contribution in [0, 0.1) is 5.92 Å². The summed E-state index contributed by atoms with van der Waals surface area (Å²) in [4.78, 5) is 7.77. The second-order valence-corrected chi connectivity index (χ2v) is 4.16. The molecule has 0 aliphatic carbocycles. The first-order chi connectivity index (χ1) is 5.40. The molecule has 4 heterocycles. The van der Waals surface area contributed by atoms with Crippen LogP contribution in [-0.4, -0.2) is 60.8 Å². The third-order valence-electron chi connectivity index (χ3n) is 3.08. The average molecular weight is 153 g/mol. The van der Waals surface area contributed by atoms with Crippen molar-refractivity contribution in [2.24, 2.45) is 5.92 Å². The lowest BCUT2D eigenvalue weighted by Crippen LogP contribution is -2.55. The first-order valence-corrected chi connectivity index (χ1v) is 4.57. The summed E-state index contributed by atoms with van der Waals surface area (Å²) in [6, 6.07) is 0. The first kappa shape index (κ1) is 6.40. The lowest BCUT2D eigenvalue weighted by molar-refractivity contribution is 0.000175. The highest BCUT2D eigenvalue weighted by atomic mass is 15.5. The fraction of sp³-hybridized carbons (Fsp3) is 1.00. The number of nitrogens with zero attached hydrogens (tertiary/aromatic N) is 3. The van der Waals surface area contributed by atoms with Gasteiger partial charge in [0.05, 0.1) is 13.3 Å². The highest BCUT2D eigenvalue weighted by Crippen LogP contribution is 2.22. The predicted octanol–water partition coefficient (Wildman–Crippen LogP) is -0.536. The molecule has 4 saturated heterocycles. The van der Waals surface area contributed by atoms with Crippen molar-refractivity contribution in [2.75, 3.05) is 46.1 Å². The van der Waals surface area contributed by atoms with Gasteiger partial charge < -0.3 is 0 Å². The SMILES string of the molecule is C1CN2CC3CN1CN(C3)C2. The lowest BCUT2D eigenvalue weighted by Gasteiger charge is -2.43. The van der Waals surface area contributed by atoms with Gasteiger partial charge in [0.2, 0.25) is 0 Å². The molecule has 4 aliphatic heterocycles. The van der Waals surface area contributed by atoms with Crippen molar-refractivity contribution >= 4 is 0 Å². The molecular formula is C8H15N3. The van der Waals surface area contributed by atoms with E-state index in [0.29, 0.717) is 0 Å². The predicted molar refractivity (Wildman–Crippen MR) is 43.1 cm³/mol. The molecule has 3 heteroatoms. The van der Waals surface area contributed by atoms with E-state index in [4.69, 9.17) is 0 Å². The minimum Gasteiger partial charge on any atom is -0.289 e.